The van der Waals surface area contributed by atoms with Gasteiger partial charge in [-0.25, -0.2) is 4.79 Å². The fourth-order valence-corrected chi connectivity index (χ4v) is 4.06. The van der Waals surface area contributed by atoms with Crippen molar-refractivity contribution in [1.29, 1.82) is 0 Å². The van der Waals surface area contributed by atoms with Gasteiger partial charge in [0.2, 0.25) is 0 Å². The summed E-state index contributed by atoms with van der Waals surface area (Å²) in [5, 5.41) is 9.21. The molecule has 0 spiro atoms. The van der Waals surface area contributed by atoms with E-state index in [9.17, 15) is 19.3 Å². The summed E-state index contributed by atoms with van der Waals surface area (Å²) < 4.78 is 16.6. The number of aryl methyl sites for hydroxylation is 1. The molecule has 3 N–H and O–H groups in total. The van der Waals surface area contributed by atoms with Crippen LogP contribution in [0.3, 0.4) is 0 Å². The molecule has 0 aliphatic carbocycles. The smallest absolute Gasteiger partial charge is 0.329 e. The van der Waals surface area contributed by atoms with Crippen LogP contribution in [0, 0.1) is 0 Å². The average Bonchev–Trinajstić information content (AvgIpc) is 2.77. The van der Waals surface area contributed by atoms with Crippen molar-refractivity contribution in [1.82, 2.24) is 9.55 Å². The minimum absolute atomic E-state index is 0.0602. The van der Waals surface area contributed by atoms with Gasteiger partial charge in [-0.05, 0) is 6.42 Å². The molecule has 0 aromatic carbocycles. The van der Waals surface area contributed by atoms with Crippen molar-refractivity contribution in [3.05, 3.63) is 32.6 Å². The Bertz CT molecular complexity index is 644. The second kappa shape index (κ2) is 6.93. The van der Waals surface area contributed by atoms with Crippen LogP contribution in [0.2, 0.25) is 0 Å². The van der Waals surface area contributed by atoms with Crippen molar-refractivity contribution in [2.45, 2.75) is 36.5 Å². The number of aromatic nitrogens is 2. The molecule has 0 bridgehead atoms. The summed E-state index contributed by atoms with van der Waals surface area (Å²) in [5.74, 6) is 0. The number of hydrogen-bond donors (Lipinski definition) is 3. The SMILES string of the molecule is CCc1cn([C@H]2CC(O)[C@H](CO[PH](=O)O)S2)c(=O)[nH]c1=O. The lowest BCUT2D eigenvalue weighted by molar-refractivity contribution is 0.141. The summed E-state index contributed by atoms with van der Waals surface area (Å²) in [7, 11) is -3.04. The number of hydrogen-bond acceptors (Lipinski definition) is 6. The number of thioether (sulfide) groups is 1. The van der Waals surface area contributed by atoms with E-state index in [0.29, 0.717) is 18.4 Å². The Labute approximate surface area is 125 Å². The third-order valence-corrected chi connectivity index (χ3v) is 5.26. The molecule has 1 saturated heterocycles. The van der Waals surface area contributed by atoms with E-state index in [0.717, 1.165) is 0 Å². The Morgan fingerprint density at radius 1 is 1.57 bits per heavy atom. The largest absolute Gasteiger partial charge is 0.392 e. The molecular weight excluding hydrogens is 319 g/mol. The molecule has 1 aliphatic rings. The molecule has 118 valence electrons. The minimum Gasteiger partial charge on any atom is -0.392 e. The van der Waals surface area contributed by atoms with Crippen LogP contribution in [0.15, 0.2) is 15.8 Å². The van der Waals surface area contributed by atoms with E-state index in [1.165, 1.54) is 22.5 Å². The van der Waals surface area contributed by atoms with Crippen LogP contribution >= 0.6 is 20.0 Å². The third-order valence-electron chi connectivity index (χ3n) is 3.31. The zero-order chi connectivity index (χ0) is 15.6. The van der Waals surface area contributed by atoms with Crippen LogP contribution in [0.5, 0.6) is 0 Å². The molecule has 1 aromatic heterocycles. The molecule has 2 rings (SSSR count). The molecular formula is C11H17N2O6PS. The van der Waals surface area contributed by atoms with E-state index in [1.807, 2.05) is 6.92 Å². The summed E-state index contributed by atoms with van der Waals surface area (Å²) in [6.07, 6.45) is 1.56. The second-order valence-corrected chi connectivity index (χ2v) is 6.93. The number of rotatable bonds is 5. The fraction of sp³-hybridized carbons (Fsp3) is 0.636. The highest BCUT2D eigenvalue weighted by atomic mass is 32.2. The molecule has 8 nitrogen and oxygen atoms in total. The quantitative estimate of drug-likeness (QED) is 0.640. The first kappa shape index (κ1) is 16.5. The highest BCUT2D eigenvalue weighted by Gasteiger charge is 2.35. The van der Waals surface area contributed by atoms with E-state index in [4.69, 9.17) is 4.89 Å². The number of nitrogens with one attached hydrogen (secondary N) is 1. The summed E-state index contributed by atoms with van der Waals surface area (Å²) in [6.45, 7) is 1.75. The lowest BCUT2D eigenvalue weighted by atomic mass is 10.2. The Balaban J connectivity index is 2.19. The number of H-pyrrole nitrogens is 1. The van der Waals surface area contributed by atoms with Gasteiger partial charge in [0.1, 0.15) is 0 Å². The van der Waals surface area contributed by atoms with Gasteiger partial charge in [-0.15, -0.1) is 11.8 Å². The molecule has 21 heavy (non-hydrogen) atoms. The number of nitrogens with zero attached hydrogens (tertiary/aromatic N) is 1. The monoisotopic (exact) mass is 336 g/mol. The molecule has 0 saturated carbocycles. The van der Waals surface area contributed by atoms with Crippen molar-refractivity contribution in [2.75, 3.05) is 6.61 Å². The summed E-state index contributed by atoms with van der Waals surface area (Å²) in [6, 6.07) is 0. The maximum absolute atomic E-state index is 11.9. The van der Waals surface area contributed by atoms with Crippen molar-refractivity contribution in [3.8, 4) is 0 Å². The Kier molecular flexibility index (Phi) is 5.45. The molecule has 1 aliphatic heterocycles. The summed E-state index contributed by atoms with van der Waals surface area (Å²) in [4.78, 5) is 34.3. The first-order chi connectivity index (χ1) is 9.92. The van der Waals surface area contributed by atoms with Gasteiger partial charge in [0.25, 0.3) is 5.56 Å². The van der Waals surface area contributed by atoms with Gasteiger partial charge >= 0.3 is 13.9 Å². The molecule has 2 heterocycles. The average molecular weight is 336 g/mol. The molecule has 2 unspecified atom stereocenters. The van der Waals surface area contributed by atoms with E-state index in [1.54, 1.807) is 0 Å². The Morgan fingerprint density at radius 3 is 2.90 bits per heavy atom. The van der Waals surface area contributed by atoms with Crippen LogP contribution in [0.25, 0.3) is 0 Å². The zero-order valence-electron chi connectivity index (χ0n) is 11.3. The first-order valence-electron chi connectivity index (χ1n) is 6.46. The van der Waals surface area contributed by atoms with Crippen LogP contribution in [0.4, 0.5) is 0 Å². The van der Waals surface area contributed by atoms with Crippen molar-refractivity contribution in [3.63, 3.8) is 0 Å². The zero-order valence-corrected chi connectivity index (χ0v) is 13.1. The molecule has 1 fully saturated rings. The van der Waals surface area contributed by atoms with Gasteiger partial charge in [0.15, 0.2) is 0 Å². The molecule has 4 atom stereocenters. The molecule has 0 amide bonds. The predicted octanol–water partition coefficient (Wildman–Crippen LogP) is -0.137. The Hall–Kier alpha value is -0.860. The van der Waals surface area contributed by atoms with Gasteiger partial charge < -0.3 is 14.5 Å². The normalized spacial score (nSPS) is 26.9. The minimum atomic E-state index is -3.04. The molecule has 10 heteroatoms. The molecule has 1 aromatic rings. The van der Waals surface area contributed by atoms with E-state index in [-0.39, 0.29) is 17.2 Å². The summed E-state index contributed by atoms with van der Waals surface area (Å²) in [5.41, 5.74) is -0.440. The van der Waals surface area contributed by atoms with Crippen molar-refractivity contribution >= 4 is 20.0 Å². The number of aliphatic hydroxyl groups excluding tert-OH is 1. The van der Waals surface area contributed by atoms with Gasteiger partial charge in [-0.3, -0.25) is 18.9 Å². The van der Waals surface area contributed by atoms with Crippen molar-refractivity contribution in [2.24, 2.45) is 0 Å². The van der Waals surface area contributed by atoms with Crippen LogP contribution in [-0.4, -0.2) is 37.5 Å². The topological polar surface area (TPSA) is 122 Å². The van der Waals surface area contributed by atoms with E-state index in [2.05, 4.69) is 9.51 Å². The van der Waals surface area contributed by atoms with E-state index < -0.39 is 25.6 Å². The fourth-order valence-electron chi connectivity index (χ4n) is 2.18. The predicted molar refractivity (Wildman–Crippen MR) is 78.9 cm³/mol. The maximum Gasteiger partial charge on any atom is 0.329 e. The van der Waals surface area contributed by atoms with Gasteiger partial charge in [0.05, 0.1) is 23.3 Å². The lowest BCUT2D eigenvalue weighted by Gasteiger charge is -2.14. The lowest BCUT2D eigenvalue weighted by Crippen LogP contribution is -2.32. The molecule has 0 radical (unpaired) electrons. The second-order valence-electron chi connectivity index (χ2n) is 4.68. The maximum atomic E-state index is 11.9. The van der Waals surface area contributed by atoms with Crippen LogP contribution in [0.1, 0.15) is 24.3 Å². The Morgan fingerprint density at radius 2 is 2.29 bits per heavy atom. The van der Waals surface area contributed by atoms with Crippen LogP contribution in [-0.2, 0) is 15.5 Å². The number of aromatic amines is 1. The standard InChI is InChI=1S/C11H17N2O6PS/c1-2-6-4-13(11(16)12-10(6)15)9-3-7(14)8(21-9)5-19-20(17)18/h4,7-9,14,20H,2-3,5H2,1H3,(H,17,18)(H,12,15,16)/t7?,8-,9+/m0/s1. The highest BCUT2D eigenvalue weighted by molar-refractivity contribution is 8.00. The van der Waals surface area contributed by atoms with Crippen molar-refractivity contribution < 1.29 is 19.1 Å². The van der Waals surface area contributed by atoms with Gasteiger partial charge in [-0.1, -0.05) is 6.92 Å². The number of aliphatic hydroxyl groups is 1. The van der Waals surface area contributed by atoms with Gasteiger partial charge in [0, 0.05) is 18.2 Å². The highest BCUT2D eigenvalue weighted by Crippen LogP contribution is 2.41. The summed E-state index contributed by atoms with van der Waals surface area (Å²) >= 11 is 1.29. The van der Waals surface area contributed by atoms with Crippen LogP contribution < -0.4 is 11.2 Å². The first-order valence-corrected chi connectivity index (χ1v) is 8.66. The third kappa shape index (κ3) is 3.87. The van der Waals surface area contributed by atoms with E-state index >= 15 is 0 Å². The van der Waals surface area contributed by atoms with Gasteiger partial charge in [-0.2, -0.15) is 0 Å².